The van der Waals surface area contributed by atoms with Crippen molar-refractivity contribution in [2.45, 2.75) is 25.8 Å². The third-order valence-corrected chi connectivity index (χ3v) is 2.96. The number of aliphatic hydroxyl groups is 1. The lowest BCUT2D eigenvalue weighted by molar-refractivity contribution is -0.122. The molecule has 0 saturated heterocycles. The molecule has 5 heteroatoms. The Kier molecular flexibility index (Phi) is 4.80. The van der Waals surface area contributed by atoms with Crippen LogP contribution < -0.4 is 5.32 Å². The molecule has 3 nitrogen and oxygen atoms in total. The summed E-state index contributed by atoms with van der Waals surface area (Å²) in [6.07, 6.45) is 0.209. The molecule has 94 valence electrons. The molecule has 2 N–H and O–H groups in total. The second kappa shape index (κ2) is 5.71. The summed E-state index contributed by atoms with van der Waals surface area (Å²) in [6.45, 7) is 3.39. The predicted molar refractivity (Wildman–Crippen MR) is 69.5 cm³/mol. The van der Waals surface area contributed by atoms with E-state index in [2.05, 4.69) is 5.32 Å². The number of carbonyl (C=O) groups excluding carboxylic acids is 1. The summed E-state index contributed by atoms with van der Waals surface area (Å²) >= 11 is 11.6. The summed E-state index contributed by atoms with van der Waals surface area (Å²) in [5.74, 6) is -0.164. The molecule has 0 bridgehead atoms. The highest BCUT2D eigenvalue weighted by Crippen LogP contribution is 2.22. The molecule has 0 saturated carbocycles. The Hall–Kier alpha value is -0.770. The Labute approximate surface area is 111 Å². The van der Waals surface area contributed by atoms with Crippen molar-refractivity contribution in [2.24, 2.45) is 0 Å². The molecule has 1 rings (SSSR count). The number of nitrogens with one attached hydrogen (secondary N) is 1. The van der Waals surface area contributed by atoms with E-state index in [9.17, 15) is 4.79 Å². The Morgan fingerprint density at radius 3 is 2.53 bits per heavy atom. The maximum atomic E-state index is 11.7. The molecule has 0 fully saturated rings. The van der Waals surface area contributed by atoms with E-state index in [-0.39, 0.29) is 18.9 Å². The lowest BCUT2D eigenvalue weighted by atomic mass is 10.1. The average molecular weight is 276 g/mol. The van der Waals surface area contributed by atoms with Gasteiger partial charge in [0.25, 0.3) is 0 Å². The summed E-state index contributed by atoms with van der Waals surface area (Å²) in [7, 11) is 0. The van der Waals surface area contributed by atoms with E-state index in [1.807, 2.05) is 0 Å². The van der Waals surface area contributed by atoms with Crippen LogP contribution >= 0.6 is 23.2 Å². The smallest absolute Gasteiger partial charge is 0.224 e. The first-order chi connectivity index (χ1) is 7.84. The molecule has 0 unspecified atom stereocenters. The van der Waals surface area contributed by atoms with Crippen LogP contribution in [0, 0.1) is 0 Å². The van der Waals surface area contributed by atoms with Crippen molar-refractivity contribution in [2.75, 3.05) is 6.61 Å². The van der Waals surface area contributed by atoms with Gasteiger partial charge in [0.05, 0.1) is 28.6 Å². The van der Waals surface area contributed by atoms with Gasteiger partial charge in [-0.25, -0.2) is 0 Å². The van der Waals surface area contributed by atoms with Crippen LogP contribution in [0.25, 0.3) is 0 Å². The molecule has 0 aliphatic carbocycles. The topological polar surface area (TPSA) is 49.3 Å². The van der Waals surface area contributed by atoms with Gasteiger partial charge in [0.2, 0.25) is 5.91 Å². The van der Waals surface area contributed by atoms with Gasteiger partial charge in [-0.15, -0.1) is 0 Å². The van der Waals surface area contributed by atoms with Crippen molar-refractivity contribution in [1.29, 1.82) is 0 Å². The van der Waals surface area contributed by atoms with Crippen LogP contribution in [-0.2, 0) is 11.2 Å². The minimum Gasteiger partial charge on any atom is -0.394 e. The first-order valence-electron chi connectivity index (χ1n) is 5.20. The van der Waals surface area contributed by atoms with Gasteiger partial charge in [0.15, 0.2) is 0 Å². The van der Waals surface area contributed by atoms with Crippen LogP contribution in [0.1, 0.15) is 19.4 Å². The molecule has 1 aromatic rings. The Morgan fingerprint density at radius 2 is 2.00 bits per heavy atom. The minimum absolute atomic E-state index is 0.111. The van der Waals surface area contributed by atoms with Crippen LogP contribution in [0.4, 0.5) is 0 Å². The van der Waals surface area contributed by atoms with E-state index >= 15 is 0 Å². The minimum atomic E-state index is -0.618. The Morgan fingerprint density at radius 1 is 1.35 bits per heavy atom. The highest BCUT2D eigenvalue weighted by Gasteiger charge is 2.19. The van der Waals surface area contributed by atoms with Gasteiger partial charge < -0.3 is 10.4 Å². The fraction of sp³-hybridized carbons (Fsp3) is 0.417. The number of halogens is 2. The molecule has 1 aromatic carbocycles. The highest BCUT2D eigenvalue weighted by molar-refractivity contribution is 6.42. The molecule has 0 heterocycles. The Bertz CT molecular complexity index is 419. The standard InChI is InChI=1S/C12H15Cl2NO2/c1-12(2,7-16)15-11(17)6-8-3-4-9(13)10(14)5-8/h3-5,16H,6-7H2,1-2H3,(H,15,17). The number of aliphatic hydroxyl groups excluding tert-OH is 1. The van der Waals surface area contributed by atoms with Gasteiger partial charge >= 0.3 is 0 Å². The highest BCUT2D eigenvalue weighted by atomic mass is 35.5. The lowest BCUT2D eigenvalue weighted by Gasteiger charge is -2.23. The zero-order valence-electron chi connectivity index (χ0n) is 9.76. The van der Waals surface area contributed by atoms with Crippen LogP contribution in [0.3, 0.4) is 0 Å². The van der Waals surface area contributed by atoms with Crippen molar-refractivity contribution in [3.8, 4) is 0 Å². The second-order valence-electron chi connectivity index (χ2n) is 4.52. The molecule has 0 aromatic heterocycles. The van der Waals surface area contributed by atoms with Gasteiger partial charge in [-0.2, -0.15) is 0 Å². The van der Waals surface area contributed by atoms with Crippen LogP contribution in [-0.4, -0.2) is 23.2 Å². The van der Waals surface area contributed by atoms with Gasteiger partial charge in [-0.1, -0.05) is 29.3 Å². The first kappa shape index (κ1) is 14.3. The number of hydrogen-bond acceptors (Lipinski definition) is 2. The molecule has 0 atom stereocenters. The largest absolute Gasteiger partial charge is 0.394 e. The third-order valence-electron chi connectivity index (χ3n) is 2.22. The molecular weight excluding hydrogens is 261 g/mol. The van der Waals surface area contributed by atoms with E-state index in [4.69, 9.17) is 28.3 Å². The first-order valence-corrected chi connectivity index (χ1v) is 5.95. The van der Waals surface area contributed by atoms with Crippen molar-refractivity contribution in [1.82, 2.24) is 5.32 Å². The van der Waals surface area contributed by atoms with E-state index in [1.54, 1.807) is 32.0 Å². The molecule has 1 amide bonds. The fourth-order valence-electron chi connectivity index (χ4n) is 1.30. The zero-order chi connectivity index (χ0) is 13.1. The number of hydrogen-bond donors (Lipinski definition) is 2. The average Bonchev–Trinajstić information content (AvgIpc) is 2.23. The lowest BCUT2D eigenvalue weighted by Crippen LogP contribution is -2.46. The molecule has 0 aliphatic heterocycles. The molecular formula is C12H15Cl2NO2. The molecule has 0 aliphatic rings. The summed E-state index contributed by atoms with van der Waals surface area (Å²) < 4.78 is 0. The summed E-state index contributed by atoms with van der Waals surface area (Å²) in [6, 6.07) is 5.07. The van der Waals surface area contributed by atoms with Gasteiger partial charge in [-0.3, -0.25) is 4.79 Å². The van der Waals surface area contributed by atoms with E-state index in [0.29, 0.717) is 10.0 Å². The van der Waals surface area contributed by atoms with Crippen molar-refractivity contribution in [3.05, 3.63) is 33.8 Å². The third kappa shape index (κ3) is 4.54. The summed E-state index contributed by atoms with van der Waals surface area (Å²) in [4.78, 5) is 11.7. The Balaban J connectivity index is 2.65. The maximum absolute atomic E-state index is 11.7. The zero-order valence-corrected chi connectivity index (χ0v) is 11.3. The van der Waals surface area contributed by atoms with Gasteiger partial charge in [-0.05, 0) is 31.5 Å². The number of rotatable bonds is 4. The van der Waals surface area contributed by atoms with Crippen LogP contribution in [0.2, 0.25) is 10.0 Å². The molecule has 17 heavy (non-hydrogen) atoms. The van der Waals surface area contributed by atoms with E-state index in [0.717, 1.165) is 5.56 Å². The van der Waals surface area contributed by atoms with E-state index < -0.39 is 5.54 Å². The number of amides is 1. The van der Waals surface area contributed by atoms with Crippen molar-refractivity contribution in [3.63, 3.8) is 0 Å². The van der Waals surface area contributed by atoms with Crippen molar-refractivity contribution >= 4 is 29.1 Å². The van der Waals surface area contributed by atoms with Gasteiger partial charge in [0, 0.05) is 0 Å². The summed E-state index contributed by atoms with van der Waals surface area (Å²) in [5.41, 5.74) is 0.165. The van der Waals surface area contributed by atoms with Crippen molar-refractivity contribution < 1.29 is 9.90 Å². The number of carbonyl (C=O) groups is 1. The number of benzene rings is 1. The summed E-state index contributed by atoms with van der Waals surface area (Å²) in [5, 5.41) is 12.7. The monoisotopic (exact) mass is 275 g/mol. The quantitative estimate of drug-likeness (QED) is 0.887. The molecule has 0 spiro atoms. The predicted octanol–water partition coefficient (Wildman–Crippen LogP) is 2.42. The second-order valence-corrected chi connectivity index (χ2v) is 5.33. The van der Waals surface area contributed by atoms with Gasteiger partial charge in [0.1, 0.15) is 0 Å². The van der Waals surface area contributed by atoms with Crippen LogP contribution in [0.15, 0.2) is 18.2 Å². The molecule has 0 radical (unpaired) electrons. The normalized spacial score (nSPS) is 11.4. The fourth-order valence-corrected chi connectivity index (χ4v) is 1.62. The van der Waals surface area contributed by atoms with Crippen LogP contribution in [0.5, 0.6) is 0 Å². The SMILES string of the molecule is CC(C)(CO)NC(=O)Cc1ccc(Cl)c(Cl)c1. The maximum Gasteiger partial charge on any atom is 0.224 e. The van der Waals surface area contributed by atoms with E-state index in [1.165, 1.54) is 0 Å².